The van der Waals surface area contributed by atoms with Crippen molar-refractivity contribution >= 4 is 27.9 Å². The van der Waals surface area contributed by atoms with Gasteiger partial charge in [0.25, 0.3) is 0 Å². The fourth-order valence-electron chi connectivity index (χ4n) is 3.62. The van der Waals surface area contributed by atoms with Crippen LogP contribution in [0.2, 0.25) is 0 Å². The summed E-state index contributed by atoms with van der Waals surface area (Å²) in [6.45, 7) is 5.28. The monoisotopic (exact) mass is 494 g/mol. The van der Waals surface area contributed by atoms with E-state index in [0.29, 0.717) is 22.5 Å². The molecule has 7 nitrogen and oxygen atoms in total. The Morgan fingerprint density at radius 2 is 1.81 bits per heavy atom. The van der Waals surface area contributed by atoms with Gasteiger partial charge >= 0.3 is 12.0 Å². The summed E-state index contributed by atoms with van der Waals surface area (Å²) in [6.07, 6.45) is 1.55. The third-order valence-corrected chi connectivity index (χ3v) is 5.55. The first kappa shape index (κ1) is 21.8. The summed E-state index contributed by atoms with van der Waals surface area (Å²) in [6, 6.07) is 16.3. The molecule has 0 unspecified atom stereocenters. The summed E-state index contributed by atoms with van der Waals surface area (Å²) in [4.78, 5) is 25.3. The van der Waals surface area contributed by atoms with E-state index in [2.05, 4.69) is 26.6 Å². The van der Waals surface area contributed by atoms with E-state index in [1.54, 1.807) is 25.5 Å². The zero-order valence-corrected chi connectivity index (χ0v) is 19.5. The number of allylic oxidation sites excluding steroid dienone is 1. The first-order chi connectivity index (χ1) is 15.3. The van der Waals surface area contributed by atoms with Crippen molar-refractivity contribution in [1.29, 1.82) is 0 Å². The zero-order chi connectivity index (χ0) is 22.8. The molecule has 2 heterocycles. The molecule has 0 bridgehead atoms. The van der Waals surface area contributed by atoms with Crippen LogP contribution in [-0.4, -0.2) is 27.9 Å². The SMILES string of the molecule is CC1=C(C(=O)OC(C)C)[C@H](c2cn(-c3ccccc3)nc2-c2ccc(Br)cc2)NC(=O)N1. The molecule has 1 aromatic heterocycles. The second-order valence-electron chi connectivity index (χ2n) is 7.74. The van der Waals surface area contributed by atoms with E-state index in [4.69, 9.17) is 9.84 Å². The summed E-state index contributed by atoms with van der Waals surface area (Å²) in [5.41, 5.74) is 3.89. The van der Waals surface area contributed by atoms with E-state index in [1.165, 1.54) is 0 Å². The highest BCUT2D eigenvalue weighted by atomic mass is 79.9. The smallest absolute Gasteiger partial charge is 0.338 e. The van der Waals surface area contributed by atoms with Gasteiger partial charge in [-0.1, -0.05) is 46.3 Å². The van der Waals surface area contributed by atoms with Gasteiger partial charge in [-0.3, -0.25) is 0 Å². The fourth-order valence-corrected chi connectivity index (χ4v) is 3.88. The highest BCUT2D eigenvalue weighted by molar-refractivity contribution is 9.10. The van der Waals surface area contributed by atoms with Crippen LogP contribution in [0.4, 0.5) is 4.79 Å². The molecular formula is C24H23BrN4O3. The Balaban J connectivity index is 1.89. The maximum absolute atomic E-state index is 13.0. The van der Waals surface area contributed by atoms with Crippen molar-refractivity contribution in [1.82, 2.24) is 20.4 Å². The van der Waals surface area contributed by atoms with Gasteiger partial charge in [-0.25, -0.2) is 14.3 Å². The van der Waals surface area contributed by atoms with Crippen LogP contribution in [0.15, 0.2) is 76.5 Å². The Labute approximate surface area is 194 Å². The molecular weight excluding hydrogens is 472 g/mol. The average Bonchev–Trinajstić information content (AvgIpc) is 3.19. The minimum Gasteiger partial charge on any atom is -0.459 e. The van der Waals surface area contributed by atoms with Crippen LogP contribution in [0.3, 0.4) is 0 Å². The molecule has 4 rings (SSSR count). The normalized spacial score (nSPS) is 16.0. The summed E-state index contributed by atoms with van der Waals surface area (Å²) < 4.78 is 8.17. The molecule has 2 aromatic carbocycles. The van der Waals surface area contributed by atoms with Gasteiger partial charge in [0, 0.05) is 27.5 Å². The number of ether oxygens (including phenoxy) is 1. The van der Waals surface area contributed by atoms with E-state index < -0.39 is 12.0 Å². The van der Waals surface area contributed by atoms with Gasteiger partial charge < -0.3 is 15.4 Å². The van der Waals surface area contributed by atoms with Crippen LogP contribution in [0.5, 0.6) is 0 Å². The highest BCUT2D eigenvalue weighted by Gasteiger charge is 2.35. The fraction of sp³-hybridized carbons (Fsp3) is 0.208. The van der Waals surface area contributed by atoms with E-state index in [-0.39, 0.29) is 12.1 Å². The molecule has 1 aliphatic rings. The van der Waals surface area contributed by atoms with Gasteiger partial charge in [0.2, 0.25) is 0 Å². The second kappa shape index (κ2) is 9.00. The molecule has 1 aliphatic heterocycles. The van der Waals surface area contributed by atoms with Crippen LogP contribution in [-0.2, 0) is 9.53 Å². The number of nitrogens with zero attached hydrogens (tertiary/aromatic N) is 2. The largest absolute Gasteiger partial charge is 0.459 e. The number of rotatable bonds is 5. The number of nitrogens with one attached hydrogen (secondary N) is 2. The number of urea groups is 1. The molecule has 0 aliphatic carbocycles. The van der Waals surface area contributed by atoms with Crippen molar-refractivity contribution in [3.63, 3.8) is 0 Å². The van der Waals surface area contributed by atoms with Crippen molar-refractivity contribution in [2.45, 2.75) is 32.9 Å². The maximum atomic E-state index is 13.0. The summed E-state index contributed by atoms with van der Waals surface area (Å²) in [5.74, 6) is -0.482. The van der Waals surface area contributed by atoms with Crippen LogP contribution in [0, 0.1) is 0 Å². The number of hydrogen-bond acceptors (Lipinski definition) is 4. The third kappa shape index (κ3) is 4.45. The number of halogens is 1. The predicted octanol–water partition coefficient (Wildman–Crippen LogP) is 4.88. The summed E-state index contributed by atoms with van der Waals surface area (Å²) in [5, 5.41) is 10.4. The van der Waals surface area contributed by atoms with Crippen LogP contribution in [0.25, 0.3) is 16.9 Å². The van der Waals surface area contributed by atoms with Crippen molar-refractivity contribution in [3.05, 3.63) is 82.1 Å². The molecule has 0 radical (unpaired) electrons. The van der Waals surface area contributed by atoms with Gasteiger partial charge in [0.05, 0.1) is 29.1 Å². The average molecular weight is 495 g/mol. The molecule has 2 amide bonds. The van der Waals surface area contributed by atoms with Crippen molar-refractivity contribution < 1.29 is 14.3 Å². The lowest BCUT2D eigenvalue weighted by Crippen LogP contribution is -2.45. The Morgan fingerprint density at radius 1 is 1.12 bits per heavy atom. The van der Waals surface area contributed by atoms with Gasteiger partial charge in [-0.05, 0) is 45.0 Å². The van der Waals surface area contributed by atoms with E-state index >= 15 is 0 Å². The van der Waals surface area contributed by atoms with Crippen LogP contribution < -0.4 is 10.6 Å². The van der Waals surface area contributed by atoms with E-state index in [9.17, 15) is 9.59 Å². The number of para-hydroxylation sites is 1. The van der Waals surface area contributed by atoms with Crippen molar-refractivity contribution in [2.75, 3.05) is 0 Å². The Hall–Kier alpha value is -3.39. The van der Waals surface area contributed by atoms with Gasteiger partial charge in [-0.15, -0.1) is 0 Å². The topological polar surface area (TPSA) is 85.2 Å². The van der Waals surface area contributed by atoms with Gasteiger partial charge in [-0.2, -0.15) is 5.10 Å². The number of benzene rings is 2. The van der Waals surface area contributed by atoms with Crippen molar-refractivity contribution in [3.8, 4) is 16.9 Å². The Morgan fingerprint density at radius 3 is 2.47 bits per heavy atom. The maximum Gasteiger partial charge on any atom is 0.338 e. The minimum absolute atomic E-state index is 0.293. The number of carbonyl (C=O) groups excluding carboxylic acids is 2. The van der Waals surface area contributed by atoms with E-state index in [1.807, 2.05) is 60.8 Å². The molecule has 3 aromatic rings. The lowest BCUT2D eigenvalue weighted by molar-refractivity contribution is -0.143. The highest BCUT2D eigenvalue weighted by Crippen LogP contribution is 2.35. The van der Waals surface area contributed by atoms with Gasteiger partial charge in [0.15, 0.2) is 0 Å². The number of esters is 1. The number of amides is 2. The van der Waals surface area contributed by atoms with Crippen LogP contribution in [0.1, 0.15) is 32.4 Å². The van der Waals surface area contributed by atoms with E-state index in [0.717, 1.165) is 15.7 Å². The Kier molecular flexibility index (Phi) is 6.14. The molecule has 0 saturated carbocycles. The molecule has 0 fully saturated rings. The summed E-state index contributed by atoms with van der Waals surface area (Å²) >= 11 is 3.46. The molecule has 164 valence electrons. The lowest BCUT2D eigenvalue weighted by Gasteiger charge is -2.28. The molecule has 0 saturated heterocycles. The number of carbonyl (C=O) groups is 2. The number of aromatic nitrogens is 2. The zero-order valence-electron chi connectivity index (χ0n) is 17.9. The molecule has 1 atom stereocenters. The Bertz CT molecular complexity index is 1180. The molecule has 2 N–H and O–H groups in total. The van der Waals surface area contributed by atoms with Gasteiger partial charge in [0.1, 0.15) is 0 Å². The molecule has 0 spiro atoms. The first-order valence-electron chi connectivity index (χ1n) is 10.2. The summed E-state index contributed by atoms with van der Waals surface area (Å²) in [7, 11) is 0. The molecule has 8 heteroatoms. The predicted molar refractivity (Wildman–Crippen MR) is 125 cm³/mol. The first-order valence-corrected chi connectivity index (χ1v) is 11.0. The standard InChI is InChI=1S/C24H23BrN4O3/c1-14(2)32-23(30)20-15(3)26-24(31)27-22(20)19-13-29(18-7-5-4-6-8-18)28-21(19)16-9-11-17(25)12-10-16/h4-14,22H,1-3H3,(H2,26,27,31)/t22-/m0/s1. The quantitative estimate of drug-likeness (QED) is 0.494. The third-order valence-electron chi connectivity index (χ3n) is 5.02. The van der Waals surface area contributed by atoms with Crippen molar-refractivity contribution in [2.24, 2.45) is 0 Å². The second-order valence-corrected chi connectivity index (χ2v) is 8.66. The van der Waals surface area contributed by atoms with Crippen LogP contribution >= 0.6 is 15.9 Å². The molecule has 32 heavy (non-hydrogen) atoms. The lowest BCUT2D eigenvalue weighted by atomic mass is 9.94. The number of hydrogen-bond donors (Lipinski definition) is 2. The minimum atomic E-state index is -0.717.